The van der Waals surface area contributed by atoms with Gasteiger partial charge < -0.3 is 19.7 Å². The number of benzene rings is 2. The quantitative estimate of drug-likeness (QED) is 0.823. The summed E-state index contributed by atoms with van der Waals surface area (Å²) in [5.41, 5.74) is 2.16. The Morgan fingerprint density at radius 1 is 0.917 bits per heavy atom. The van der Waals surface area contributed by atoms with Gasteiger partial charge >= 0.3 is 0 Å². The van der Waals surface area contributed by atoms with Crippen molar-refractivity contribution in [2.24, 2.45) is 0 Å². The number of phenols is 2. The molecule has 0 saturated carbocycles. The number of rotatable bonds is 5. The minimum atomic E-state index is -0.159. The number of hydrogen-bond donors (Lipinski definition) is 2. The standard InChI is InChI=1S/C18H20O3.C2H4O/c1-18(11-10-17-12-21-17,13-2-6-15(19)7-3-13)14-4-8-16(20)9-5-14;1-2-3-1/h2-9,17,19-20H,10-12H2,1H3;1-2H2. The monoisotopic (exact) mass is 328 g/mol. The van der Waals surface area contributed by atoms with Crippen LogP contribution < -0.4 is 0 Å². The van der Waals surface area contributed by atoms with Crippen LogP contribution in [-0.2, 0) is 14.9 Å². The normalized spacial score (nSPS) is 18.5. The third-order valence-corrected chi connectivity index (χ3v) is 4.58. The average Bonchev–Trinajstić information content (AvgIpc) is 3.47. The predicted molar refractivity (Wildman–Crippen MR) is 92.5 cm³/mol. The first-order valence-corrected chi connectivity index (χ1v) is 8.36. The van der Waals surface area contributed by atoms with Gasteiger partial charge in [0.25, 0.3) is 0 Å². The highest BCUT2D eigenvalue weighted by Gasteiger charge is 2.32. The predicted octanol–water partition coefficient (Wildman–Crippen LogP) is 3.60. The van der Waals surface area contributed by atoms with Crippen LogP contribution in [0.4, 0.5) is 0 Å². The third kappa shape index (κ3) is 4.49. The van der Waals surface area contributed by atoms with Gasteiger partial charge in [-0.25, -0.2) is 0 Å². The maximum absolute atomic E-state index is 9.50. The maximum atomic E-state index is 9.50. The zero-order chi connectivity index (χ0) is 17.0. The Morgan fingerprint density at radius 2 is 1.33 bits per heavy atom. The largest absolute Gasteiger partial charge is 0.508 e. The molecule has 4 nitrogen and oxygen atoms in total. The summed E-state index contributed by atoms with van der Waals surface area (Å²) in [5.74, 6) is 0.551. The fourth-order valence-corrected chi connectivity index (χ4v) is 2.80. The summed E-state index contributed by atoms with van der Waals surface area (Å²) in [5, 5.41) is 19.0. The number of aromatic hydroxyl groups is 2. The molecular formula is C20H24O4. The maximum Gasteiger partial charge on any atom is 0.115 e. The Morgan fingerprint density at radius 3 is 1.67 bits per heavy atom. The zero-order valence-electron chi connectivity index (χ0n) is 13.9. The van der Waals surface area contributed by atoms with Gasteiger partial charge in [0.1, 0.15) is 11.5 Å². The van der Waals surface area contributed by atoms with Gasteiger partial charge in [0.15, 0.2) is 0 Å². The lowest BCUT2D eigenvalue weighted by Crippen LogP contribution is -2.24. The number of ether oxygens (including phenoxy) is 2. The Balaban J connectivity index is 0.000000508. The van der Waals surface area contributed by atoms with Crippen molar-refractivity contribution in [3.63, 3.8) is 0 Å². The van der Waals surface area contributed by atoms with Gasteiger partial charge in [-0.3, -0.25) is 0 Å². The van der Waals surface area contributed by atoms with E-state index >= 15 is 0 Å². The molecule has 2 aliphatic rings. The summed E-state index contributed by atoms with van der Waals surface area (Å²) < 4.78 is 9.83. The Kier molecular flexibility index (Phi) is 5.07. The SMILES string of the molecule is C1CO1.CC(CCC1CO1)(c1ccc(O)cc1)c1ccc(O)cc1. The molecule has 2 aliphatic heterocycles. The van der Waals surface area contributed by atoms with Crippen LogP contribution in [0.5, 0.6) is 11.5 Å². The lowest BCUT2D eigenvalue weighted by atomic mass is 9.72. The minimum absolute atomic E-state index is 0.159. The van der Waals surface area contributed by atoms with E-state index in [0.29, 0.717) is 6.10 Å². The highest BCUT2D eigenvalue weighted by Crippen LogP contribution is 2.39. The molecule has 0 aromatic heterocycles. The van der Waals surface area contributed by atoms with Gasteiger partial charge in [0, 0.05) is 5.41 Å². The molecule has 24 heavy (non-hydrogen) atoms. The highest BCUT2D eigenvalue weighted by atomic mass is 16.6. The smallest absolute Gasteiger partial charge is 0.115 e. The van der Waals surface area contributed by atoms with Crippen LogP contribution in [0, 0.1) is 0 Å². The molecule has 4 rings (SSSR count). The average molecular weight is 328 g/mol. The van der Waals surface area contributed by atoms with Crippen molar-refractivity contribution in [2.45, 2.75) is 31.3 Å². The molecule has 2 N–H and O–H groups in total. The minimum Gasteiger partial charge on any atom is -0.508 e. The van der Waals surface area contributed by atoms with Gasteiger partial charge in [0.05, 0.1) is 25.9 Å². The summed E-state index contributed by atoms with van der Waals surface area (Å²) in [6.45, 7) is 5.06. The molecule has 0 amide bonds. The molecule has 0 radical (unpaired) electrons. The van der Waals surface area contributed by atoms with Crippen molar-refractivity contribution in [3.05, 3.63) is 59.7 Å². The molecule has 2 heterocycles. The third-order valence-electron chi connectivity index (χ3n) is 4.58. The summed E-state index contributed by atoms with van der Waals surface area (Å²) >= 11 is 0. The first-order chi connectivity index (χ1) is 11.6. The van der Waals surface area contributed by atoms with Gasteiger partial charge in [-0.15, -0.1) is 0 Å². The first-order valence-electron chi connectivity index (χ1n) is 8.36. The molecule has 4 heteroatoms. The van der Waals surface area contributed by atoms with E-state index in [1.165, 1.54) is 0 Å². The van der Waals surface area contributed by atoms with Crippen molar-refractivity contribution in [1.82, 2.24) is 0 Å². The topological polar surface area (TPSA) is 65.5 Å². The van der Waals surface area contributed by atoms with Crippen molar-refractivity contribution < 1.29 is 19.7 Å². The zero-order valence-corrected chi connectivity index (χ0v) is 13.9. The van der Waals surface area contributed by atoms with Crippen LogP contribution in [0.15, 0.2) is 48.5 Å². The van der Waals surface area contributed by atoms with Crippen LogP contribution in [-0.4, -0.2) is 36.1 Å². The van der Waals surface area contributed by atoms with Crippen molar-refractivity contribution in [3.8, 4) is 11.5 Å². The number of phenolic OH excluding ortho intramolecular Hbond substituents is 2. The van der Waals surface area contributed by atoms with E-state index < -0.39 is 0 Å². The van der Waals surface area contributed by atoms with E-state index in [1.807, 2.05) is 24.3 Å². The lowest BCUT2D eigenvalue weighted by molar-refractivity contribution is 0.369. The van der Waals surface area contributed by atoms with Crippen molar-refractivity contribution in [2.75, 3.05) is 19.8 Å². The van der Waals surface area contributed by atoms with Crippen LogP contribution in [0.25, 0.3) is 0 Å². The molecule has 0 bridgehead atoms. The molecule has 1 atom stereocenters. The summed E-state index contributed by atoms with van der Waals surface area (Å²) in [6, 6.07) is 14.8. The highest BCUT2D eigenvalue weighted by molar-refractivity contribution is 5.42. The van der Waals surface area contributed by atoms with E-state index in [4.69, 9.17) is 4.74 Å². The first kappa shape index (κ1) is 16.8. The van der Waals surface area contributed by atoms with Gasteiger partial charge in [0.2, 0.25) is 0 Å². The van der Waals surface area contributed by atoms with E-state index in [9.17, 15) is 10.2 Å². The van der Waals surface area contributed by atoms with E-state index in [2.05, 4.69) is 11.7 Å². The summed E-state index contributed by atoms with van der Waals surface area (Å²) in [6.07, 6.45) is 2.37. The van der Waals surface area contributed by atoms with E-state index in [-0.39, 0.29) is 16.9 Å². The lowest BCUT2D eigenvalue weighted by Gasteiger charge is -2.31. The van der Waals surface area contributed by atoms with Crippen molar-refractivity contribution in [1.29, 1.82) is 0 Å². The molecule has 0 aliphatic carbocycles. The summed E-state index contributed by atoms with van der Waals surface area (Å²) in [4.78, 5) is 0. The van der Waals surface area contributed by atoms with E-state index in [0.717, 1.165) is 43.8 Å². The van der Waals surface area contributed by atoms with Gasteiger partial charge in [-0.05, 0) is 48.2 Å². The Hall–Kier alpha value is -2.04. The van der Waals surface area contributed by atoms with Crippen LogP contribution in [0.3, 0.4) is 0 Å². The molecule has 0 spiro atoms. The van der Waals surface area contributed by atoms with Gasteiger partial charge in [-0.2, -0.15) is 0 Å². The second kappa shape index (κ2) is 7.24. The van der Waals surface area contributed by atoms with Crippen molar-refractivity contribution >= 4 is 0 Å². The fourth-order valence-electron chi connectivity index (χ4n) is 2.80. The molecule has 1 unspecified atom stereocenters. The Labute approximate surface area is 142 Å². The molecular weight excluding hydrogens is 304 g/mol. The summed E-state index contributed by atoms with van der Waals surface area (Å²) in [7, 11) is 0. The second-order valence-electron chi connectivity index (χ2n) is 6.53. The fraction of sp³-hybridized carbons (Fsp3) is 0.400. The molecule has 128 valence electrons. The second-order valence-corrected chi connectivity index (χ2v) is 6.53. The Bertz CT molecular complexity index is 594. The molecule has 2 aromatic rings. The number of epoxide rings is 2. The van der Waals surface area contributed by atoms with Gasteiger partial charge in [-0.1, -0.05) is 31.2 Å². The van der Waals surface area contributed by atoms with Crippen LogP contribution in [0.1, 0.15) is 30.9 Å². The molecule has 2 aromatic carbocycles. The van der Waals surface area contributed by atoms with E-state index in [1.54, 1.807) is 24.3 Å². The molecule has 2 fully saturated rings. The molecule has 2 saturated heterocycles. The van der Waals surface area contributed by atoms with Crippen LogP contribution in [0.2, 0.25) is 0 Å². The van der Waals surface area contributed by atoms with Crippen LogP contribution >= 0.6 is 0 Å². The number of hydrogen-bond acceptors (Lipinski definition) is 4.